The molecule has 3 nitrogen and oxygen atoms in total. The topological polar surface area (TPSA) is 37.8 Å². The fraction of sp³-hybridized carbons (Fsp3) is 0.182. The number of thiophene rings is 1. The van der Waals surface area contributed by atoms with E-state index < -0.39 is 0 Å². The minimum atomic E-state index is 0.854. The summed E-state index contributed by atoms with van der Waals surface area (Å²) in [5, 5.41) is 6.77. The van der Waals surface area contributed by atoms with Crippen LogP contribution < -0.4 is 5.32 Å². The minimum Gasteiger partial charge on any atom is -0.340 e. The number of halogens is 1. The number of hydrogen-bond acceptors (Lipinski definition) is 4. The van der Waals surface area contributed by atoms with Crippen LogP contribution >= 0.6 is 27.3 Å². The van der Waals surface area contributed by atoms with Crippen molar-refractivity contribution in [2.45, 2.75) is 25.7 Å². The van der Waals surface area contributed by atoms with Gasteiger partial charge in [0.15, 0.2) is 0 Å². The van der Waals surface area contributed by atoms with Gasteiger partial charge in [0.2, 0.25) is 0 Å². The van der Waals surface area contributed by atoms with Crippen molar-refractivity contribution in [2.24, 2.45) is 0 Å². The molecule has 1 aliphatic rings. The second-order valence-corrected chi connectivity index (χ2v) is 8.65. The Bertz CT molecular complexity index is 1140. The van der Waals surface area contributed by atoms with Crippen molar-refractivity contribution in [3.63, 3.8) is 0 Å². The summed E-state index contributed by atoms with van der Waals surface area (Å²) in [5.41, 5.74) is 6.48. The molecule has 0 radical (unpaired) electrons. The van der Waals surface area contributed by atoms with Crippen molar-refractivity contribution in [1.29, 1.82) is 0 Å². The molecule has 2 aromatic carbocycles. The number of hydrogen-bond donors (Lipinski definition) is 1. The molecule has 0 amide bonds. The molecule has 4 aromatic rings. The van der Waals surface area contributed by atoms with Gasteiger partial charge in [0, 0.05) is 21.1 Å². The van der Waals surface area contributed by atoms with E-state index in [1.807, 2.05) is 18.2 Å². The number of nitrogens with zero attached hydrogens (tertiary/aromatic N) is 2. The second kappa shape index (κ2) is 7.06. The standard InChI is InChI=1S/C22H18BrN3S/c23-17-6-3-7-18(11-17)26-21-20-19(12-27-22(20)25-13-24-21)16-9-8-14-4-1-2-5-15(14)10-16/h3,6-13H,1-2,4-5H2,(H,24,25,26). The number of rotatable bonds is 3. The lowest BCUT2D eigenvalue weighted by molar-refractivity contribution is 0.686. The molecule has 0 fully saturated rings. The van der Waals surface area contributed by atoms with Crippen LogP contribution in [0.1, 0.15) is 24.0 Å². The number of anilines is 2. The van der Waals surface area contributed by atoms with Gasteiger partial charge in [-0.15, -0.1) is 11.3 Å². The van der Waals surface area contributed by atoms with E-state index in [4.69, 9.17) is 0 Å². The maximum Gasteiger partial charge on any atom is 0.143 e. The van der Waals surface area contributed by atoms with Crippen molar-refractivity contribution < 1.29 is 0 Å². The molecule has 0 aliphatic heterocycles. The second-order valence-electron chi connectivity index (χ2n) is 6.88. The van der Waals surface area contributed by atoms with Crippen LogP contribution in [-0.4, -0.2) is 9.97 Å². The Morgan fingerprint density at radius 2 is 1.85 bits per heavy atom. The molecule has 134 valence electrons. The number of aryl methyl sites for hydroxylation is 2. The van der Waals surface area contributed by atoms with Crippen LogP contribution in [0.25, 0.3) is 21.3 Å². The Morgan fingerprint density at radius 1 is 0.963 bits per heavy atom. The maximum absolute atomic E-state index is 4.55. The molecule has 2 heterocycles. The van der Waals surface area contributed by atoms with E-state index in [0.29, 0.717) is 0 Å². The summed E-state index contributed by atoms with van der Waals surface area (Å²) in [6, 6.07) is 15.1. The summed E-state index contributed by atoms with van der Waals surface area (Å²) in [4.78, 5) is 10.0. The van der Waals surface area contributed by atoms with E-state index in [1.54, 1.807) is 17.7 Å². The van der Waals surface area contributed by atoms with E-state index >= 15 is 0 Å². The molecular weight excluding hydrogens is 418 g/mol. The molecule has 0 atom stereocenters. The van der Waals surface area contributed by atoms with Gasteiger partial charge < -0.3 is 5.32 Å². The van der Waals surface area contributed by atoms with Crippen LogP contribution in [0.3, 0.4) is 0 Å². The summed E-state index contributed by atoms with van der Waals surface area (Å²) < 4.78 is 1.04. The highest BCUT2D eigenvalue weighted by atomic mass is 79.9. The molecule has 0 saturated heterocycles. The molecule has 0 unspecified atom stereocenters. The summed E-state index contributed by atoms with van der Waals surface area (Å²) in [6.07, 6.45) is 6.63. The van der Waals surface area contributed by atoms with Crippen LogP contribution in [-0.2, 0) is 12.8 Å². The van der Waals surface area contributed by atoms with Gasteiger partial charge >= 0.3 is 0 Å². The molecule has 5 heteroatoms. The third-order valence-electron chi connectivity index (χ3n) is 5.12. The zero-order valence-electron chi connectivity index (χ0n) is 14.7. The number of nitrogens with one attached hydrogen (secondary N) is 1. The summed E-state index contributed by atoms with van der Waals surface area (Å²) >= 11 is 5.21. The minimum absolute atomic E-state index is 0.854. The zero-order valence-corrected chi connectivity index (χ0v) is 17.1. The number of fused-ring (bicyclic) bond motifs is 2. The Labute approximate surface area is 170 Å². The molecule has 1 N–H and O–H groups in total. The monoisotopic (exact) mass is 435 g/mol. The lowest BCUT2D eigenvalue weighted by Gasteiger charge is -2.16. The third kappa shape index (κ3) is 3.26. The summed E-state index contributed by atoms with van der Waals surface area (Å²) in [6.45, 7) is 0. The van der Waals surface area contributed by atoms with Crippen LogP contribution in [0.4, 0.5) is 11.5 Å². The Kier molecular flexibility index (Phi) is 4.42. The van der Waals surface area contributed by atoms with Crippen LogP contribution in [0, 0.1) is 0 Å². The first-order valence-corrected chi connectivity index (χ1v) is 10.8. The lowest BCUT2D eigenvalue weighted by Crippen LogP contribution is -2.02. The van der Waals surface area contributed by atoms with Crippen LogP contribution in [0.15, 0.2) is 58.6 Å². The van der Waals surface area contributed by atoms with Crippen molar-refractivity contribution in [3.05, 3.63) is 69.8 Å². The number of aromatic nitrogens is 2. The summed E-state index contributed by atoms with van der Waals surface area (Å²) in [5.74, 6) is 0.854. The number of benzene rings is 2. The first-order chi connectivity index (χ1) is 13.3. The SMILES string of the molecule is Brc1cccc(Nc2ncnc3scc(-c4ccc5c(c4)CCCC5)c23)c1. The van der Waals surface area contributed by atoms with Crippen molar-refractivity contribution in [2.75, 3.05) is 5.32 Å². The van der Waals surface area contributed by atoms with Gasteiger partial charge in [-0.2, -0.15) is 0 Å². The zero-order chi connectivity index (χ0) is 18.2. The van der Waals surface area contributed by atoms with Gasteiger partial charge in [-0.3, -0.25) is 0 Å². The Morgan fingerprint density at radius 3 is 2.74 bits per heavy atom. The highest BCUT2D eigenvalue weighted by Crippen LogP contribution is 2.38. The van der Waals surface area contributed by atoms with Crippen molar-refractivity contribution >= 4 is 49.0 Å². The maximum atomic E-state index is 4.55. The lowest BCUT2D eigenvalue weighted by atomic mass is 9.89. The largest absolute Gasteiger partial charge is 0.340 e. The summed E-state index contributed by atoms with van der Waals surface area (Å²) in [7, 11) is 0. The van der Waals surface area contributed by atoms with Gasteiger partial charge in [-0.05, 0) is 60.6 Å². The van der Waals surface area contributed by atoms with E-state index in [9.17, 15) is 0 Å². The molecule has 27 heavy (non-hydrogen) atoms. The van der Waals surface area contributed by atoms with Crippen LogP contribution in [0.5, 0.6) is 0 Å². The van der Waals surface area contributed by atoms with Crippen molar-refractivity contribution in [1.82, 2.24) is 9.97 Å². The average molecular weight is 436 g/mol. The van der Waals surface area contributed by atoms with E-state index in [2.05, 4.69) is 60.9 Å². The Balaban J connectivity index is 1.61. The molecule has 0 spiro atoms. The normalized spacial score (nSPS) is 13.5. The fourth-order valence-corrected chi connectivity index (χ4v) is 5.10. The van der Waals surface area contributed by atoms with E-state index in [0.717, 1.165) is 26.2 Å². The quantitative estimate of drug-likeness (QED) is 0.386. The van der Waals surface area contributed by atoms with Gasteiger partial charge in [0.05, 0.1) is 5.39 Å². The molecule has 0 bridgehead atoms. The smallest absolute Gasteiger partial charge is 0.143 e. The molecule has 5 rings (SSSR count). The highest BCUT2D eigenvalue weighted by molar-refractivity contribution is 9.10. The average Bonchev–Trinajstić information content (AvgIpc) is 3.13. The molecule has 0 saturated carbocycles. The first kappa shape index (κ1) is 16.9. The first-order valence-electron chi connectivity index (χ1n) is 9.15. The molecule has 1 aliphatic carbocycles. The van der Waals surface area contributed by atoms with Gasteiger partial charge in [-0.1, -0.05) is 40.2 Å². The van der Waals surface area contributed by atoms with Gasteiger partial charge in [-0.25, -0.2) is 9.97 Å². The van der Waals surface area contributed by atoms with E-state index in [-0.39, 0.29) is 0 Å². The predicted octanol–water partition coefficient (Wildman–Crippen LogP) is 6.74. The molecular formula is C22H18BrN3S. The van der Waals surface area contributed by atoms with Crippen LogP contribution in [0.2, 0.25) is 0 Å². The predicted molar refractivity (Wildman–Crippen MR) is 117 cm³/mol. The highest BCUT2D eigenvalue weighted by Gasteiger charge is 2.16. The molecule has 2 aromatic heterocycles. The fourth-order valence-electron chi connectivity index (χ4n) is 3.79. The van der Waals surface area contributed by atoms with E-state index in [1.165, 1.54) is 47.9 Å². The van der Waals surface area contributed by atoms with Crippen molar-refractivity contribution in [3.8, 4) is 11.1 Å². The Hall–Kier alpha value is -2.24. The third-order valence-corrected chi connectivity index (χ3v) is 6.50. The van der Waals surface area contributed by atoms with Gasteiger partial charge in [0.25, 0.3) is 0 Å². The van der Waals surface area contributed by atoms with Gasteiger partial charge in [0.1, 0.15) is 17.0 Å².